The lowest BCUT2D eigenvalue weighted by atomic mass is 9.81. The van der Waals surface area contributed by atoms with Crippen molar-refractivity contribution in [3.8, 4) is 0 Å². The maximum absolute atomic E-state index is 14.6. The minimum atomic E-state index is -1.67. The Balaban J connectivity index is 1.89. The number of primary amides is 1. The molecule has 1 saturated carbocycles. The van der Waals surface area contributed by atoms with E-state index in [1.807, 2.05) is 78.8 Å². The van der Waals surface area contributed by atoms with Crippen molar-refractivity contribution in [2.24, 2.45) is 64.9 Å². The molecule has 22 nitrogen and oxygen atoms in total. The summed E-state index contributed by atoms with van der Waals surface area (Å²) in [4.78, 5) is 169. The van der Waals surface area contributed by atoms with Crippen molar-refractivity contribution in [3.63, 3.8) is 0 Å². The van der Waals surface area contributed by atoms with Gasteiger partial charge in [0.1, 0.15) is 30.3 Å². The summed E-state index contributed by atoms with van der Waals surface area (Å²) in [6.07, 6.45) is 3.99. The first-order chi connectivity index (χ1) is 42.1. The van der Waals surface area contributed by atoms with Gasteiger partial charge in [0, 0.05) is 43.4 Å². The Morgan fingerprint density at radius 1 is 0.596 bits per heavy atom. The Hall–Kier alpha value is -6.58. The molecule has 1 aromatic rings. The topological polar surface area (TPSA) is 345 Å². The van der Waals surface area contributed by atoms with Gasteiger partial charge in [0.2, 0.25) is 47.3 Å². The highest BCUT2D eigenvalue weighted by atomic mass is 16.5. The van der Waals surface area contributed by atoms with Crippen LogP contribution in [0.5, 0.6) is 0 Å². The third kappa shape index (κ3) is 23.3. The van der Waals surface area contributed by atoms with Gasteiger partial charge in [-0.05, 0) is 87.0 Å². The number of aliphatic hydroxyl groups is 1. The first-order valence-electron chi connectivity index (χ1n) is 33.0. The number of cyclic esters (lactones) is 1. The summed E-state index contributed by atoms with van der Waals surface area (Å²) in [6, 6.07) is 1.02. The molecular weight excluding hydrogens is 1140 g/mol. The minimum Gasteiger partial charge on any atom is -0.458 e. The first kappa shape index (κ1) is 76.7. The summed E-state index contributed by atoms with van der Waals surface area (Å²) in [5.41, 5.74) is 6.56. The highest BCUT2D eigenvalue weighted by Gasteiger charge is 2.43. The lowest BCUT2D eigenvalue weighted by Crippen LogP contribution is -2.59. The molecule has 0 radical (unpaired) electrons. The molecule has 89 heavy (non-hydrogen) atoms. The molecule has 0 unspecified atom stereocenters. The van der Waals surface area contributed by atoms with E-state index in [2.05, 4.69) is 37.2 Å². The van der Waals surface area contributed by atoms with E-state index in [1.165, 1.54) is 13.8 Å². The van der Waals surface area contributed by atoms with Gasteiger partial charge in [0.25, 0.3) is 0 Å². The molecule has 17 atom stereocenters. The van der Waals surface area contributed by atoms with Crippen molar-refractivity contribution < 1.29 is 67.4 Å². The zero-order valence-electron chi connectivity index (χ0n) is 55.3. The molecule has 2 aliphatic rings. The van der Waals surface area contributed by atoms with Gasteiger partial charge in [0.05, 0.1) is 30.7 Å². The molecule has 0 aromatic heterocycles. The summed E-state index contributed by atoms with van der Waals surface area (Å²) in [5.74, 6) is -14.3. The zero-order valence-corrected chi connectivity index (χ0v) is 55.3. The third-order valence-electron chi connectivity index (χ3n) is 19.1. The van der Waals surface area contributed by atoms with Gasteiger partial charge in [-0.3, -0.25) is 52.7 Å². The number of hydrogen-bond donors (Lipinski definition) is 9. The van der Waals surface area contributed by atoms with Crippen molar-refractivity contribution in [1.29, 1.82) is 0 Å². The van der Waals surface area contributed by atoms with Crippen molar-refractivity contribution in [2.75, 3.05) is 6.61 Å². The van der Waals surface area contributed by atoms with Gasteiger partial charge in [-0.2, -0.15) is 0 Å². The predicted molar refractivity (Wildman–Crippen MR) is 337 cm³/mol. The maximum Gasteiger partial charge on any atom is 0.329 e. The van der Waals surface area contributed by atoms with E-state index >= 15 is 0 Å². The van der Waals surface area contributed by atoms with Crippen molar-refractivity contribution in [2.45, 2.75) is 248 Å². The second kappa shape index (κ2) is 38.2. The average molecular weight is 1250 g/mol. The lowest BCUT2D eigenvalue weighted by Gasteiger charge is -2.32. The van der Waals surface area contributed by atoms with Crippen LogP contribution in [-0.4, -0.2) is 131 Å². The largest absolute Gasteiger partial charge is 0.458 e. The monoisotopic (exact) mass is 1250 g/mol. The lowest BCUT2D eigenvalue weighted by molar-refractivity contribution is -0.157. The van der Waals surface area contributed by atoms with E-state index in [-0.39, 0.29) is 48.7 Å². The highest BCUT2D eigenvalue weighted by Crippen LogP contribution is 2.29. The molecule has 22 heteroatoms. The molecule has 3 rings (SSSR count). The predicted octanol–water partition coefficient (Wildman–Crippen LogP) is 5.41. The van der Waals surface area contributed by atoms with E-state index < -0.39 is 168 Å². The van der Waals surface area contributed by atoms with Crippen LogP contribution in [0.25, 0.3) is 0 Å². The second-order valence-electron chi connectivity index (χ2n) is 25.6. The molecule has 0 bridgehead atoms. The Labute approximate surface area is 528 Å². The number of ether oxygens (including phenoxy) is 1. The first-order valence-corrected chi connectivity index (χ1v) is 33.0. The van der Waals surface area contributed by atoms with E-state index in [1.54, 1.807) is 27.7 Å². The number of nitrogens with two attached hydrogens (primary N) is 1. The molecule has 8 amide bonds. The number of carbonyl (C=O) groups is 12. The Kier molecular flexibility index (Phi) is 32.9. The number of ketones is 3. The number of amides is 8. The fourth-order valence-electron chi connectivity index (χ4n) is 11.7. The van der Waals surface area contributed by atoms with Gasteiger partial charge < -0.3 is 52.8 Å². The van der Waals surface area contributed by atoms with Gasteiger partial charge >= 0.3 is 5.97 Å². The quantitative estimate of drug-likeness (QED) is 0.0384. The number of aliphatic hydroxyl groups excluding tert-OH is 1. The Morgan fingerprint density at radius 3 is 1.64 bits per heavy atom. The molecule has 500 valence electrons. The van der Waals surface area contributed by atoms with Gasteiger partial charge in [-0.25, -0.2) is 4.79 Å². The van der Waals surface area contributed by atoms with Crippen LogP contribution in [0, 0.1) is 59.2 Å². The molecule has 10 N–H and O–H groups in total. The number of esters is 1. The summed E-state index contributed by atoms with van der Waals surface area (Å²) in [7, 11) is 0. The number of rotatable bonds is 35. The molecule has 1 aliphatic heterocycles. The highest BCUT2D eigenvalue weighted by molar-refractivity contribution is 5.99. The van der Waals surface area contributed by atoms with E-state index in [0.717, 1.165) is 24.8 Å². The van der Waals surface area contributed by atoms with Crippen LogP contribution >= 0.6 is 0 Å². The van der Waals surface area contributed by atoms with Crippen molar-refractivity contribution in [3.05, 3.63) is 35.9 Å². The molecule has 0 spiro atoms. The van der Waals surface area contributed by atoms with Crippen LogP contribution < -0.4 is 43.0 Å². The summed E-state index contributed by atoms with van der Waals surface area (Å²) in [5, 5.41) is 30.1. The van der Waals surface area contributed by atoms with Crippen molar-refractivity contribution in [1.82, 2.24) is 37.2 Å². The van der Waals surface area contributed by atoms with Crippen LogP contribution in [0.15, 0.2) is 30.3 Å². The molecular formula is C67H108N8O14. The Bertz CT molecular complexity index is 2540. The van der Waals surface area contributed by atoms with Crippen LogP contribution in [0.4, 0.5) is 0 Å². The normalized spacial score (nSPS) is 22.8. The zero-order chi connectivity index (χ0) is 66.8. The van der Waals surface area contributed by atoms with Crippen LogP contribution in [0.1, 0.15) is 198 Å². The van der Waals surface area contributed by atoms with E-state index in [9.17, 15) is 62.6 Å². The molecule has 2 fully saturated rings. The fourth-order valence-corrected chi connectivity index (χ4v) is 11.7. The Morgan fingerprint density at radius 2 is 1.12 bits per heavy atom. The van der Waals surface area contributed by atoms with Gasteiger partial charge in [-0.15, -0.1) is 0 Å². The van der Waals surface area contributed by atoms with Gasteiger partial charge in [-0.1, -0.05) is 158 Å². The fraction of sp³-hybridized carbons (Fsp3) is 0.731. The smallest absolute Gasteiger partial charge is 0.329 e. The van der Waals surface area contributed by atoms with E-state index in [0.29, 0.717) is 57.8 Å². The number of carbonyl (C=O) groups excluding carboxylic acids is 12. The van der Waals surface area contributed by atoms with Gasteiger partial charge in [0.15, 0.2) is 17.3 Å². The van der Waals surface area contributed by atoms with Crippen LogP contribution in [0.2, 0.25) is 0 Å². The van der Waals surface area contributed by atoms with E-state index in [4.69, 9.17) is 10.5 Å². The number of nitrogens with one attached hydrogen (secondary N) is 7. The third-order valence-corrected chi connectivity index (χ3v) is 19.1. The number of benzene rings is 1. The number of hydrogen-bond acceptors (Lipinski definition) is 14. The number of Topliss-reactive ketones (excluding diaryl/α,β-unsaturated/α-hetero) is 3. The molecule has 1 saturated heterocycles. The molecule has 1 heterocycles. The van der Waals surface area contributed by atoms with Crippen molar-refractivity contribution >= 4 is 70.6 Å². The average Bonchev–Trinajstić information content (AvgIpc) is 2.65. The summed E-state index contributed by atoms with van der Waals surface area (Å²) < 4.78 is 5.82. The van der Waals surface area contributed by atoms with Crippen LogP contribution in [0.3, 0.4) is 0 Å². The minimum absolute atomic E-state index is 0.213. The second-order valence-corrected chi connectivity index (χ2v) is 25.6. The standard InChI is InChI=1S/C67H108N8O14/c1-14-37(7)48(34-51(77)50(30-31-54(68)80)70-63(84)49(38(8)15-2)35-53(79)56(40(10)17-4)71-61(82)45(19-6)32-44-26-22-20-23-27-44)64(85)72-55(39(9)16-3)52(78)33-47(36-76)62(83)74-58-43(13)89-67(88)57(41(11)18-5)73-66(87)59(46-28-24-21-25-29-46)75-60(81)42(12)69-65(58)86/h20,22-23,26-27,37-43,45-50,55-59,76H,14-19,21,24-25,28-36H2,1-13H3,(H2,68,80)(H,69,86)(H,70,84)(H,71,82)(H,72,85)(H,73,87)(H,74,83)(H,75,81)/t37-,38+,39+,40+,41+,42+,43+,45-,47+,48-,49+,50-,55+,56+,57+,58-,59+/m1/s1. The summed E-state index contributed by atoms with van der Waals surface area (Å²) >= 11 is 0. The van der Waals surface area contributed by atoms with Crippen LogP contribution in [-0.2, 0) is 68.7 Å². The molecule has 1 aliphatic carbocycles. The SMILES string of the molecule is CC[C@H](Cc1ccccc1)C(=O)N[C@H](C(=O)C[C@H](C(=O)N[C@H](CCC(N)=O)C(=O)C[C@@H](C(=O)N[C@H](C(=O)C[C@@H](CO)C(=O)N[C@H]1C(=O)N[C@@H](C)C(=O)N[C@@H](C2CCCCC2)C(=O)N[C@@H]([C@@H](C)CC)C(=O)O[C@H]1C)[C@@H](C)CC)[C@H](C)CC)[C@@H](C)CC)[C@@H](C)CC. The maximum atomic E-state index is 14.6. The summed E-state index contributed by atoms with van der Waals surface area (Å²) in [6.45, 7) is 21.8. The molecule has 1 aromatic carbocycles.